The van der Waals surface area contributed by atoms with Crippen LogP contribution in [0.3, 0.4) is 0 Å². The number of thiophene rings is 1. The highest BCUT2D eigenvalue weighted by Gasteiger charge is 2.26. The van der Waals surface area contributed by atoms with Crippen molar-refractivity contribution in [2.75, 3.05) is 31.6 Å². The second kappa shape index (κ2) is 7.55. The maximum absolute atomic E-state index is 9.20. The predicted molar refractivity (Wildman–Crippen MR) is 91.5 cm³/mol. The van der Waals surface area contributed by atoms with Crippen LogP contribution in [0.5, 0.6) is 0 Å². The molecule has 0 aromatic carbocycles. The van der Waals surface area contributed by atoms with Gasteiger partial charge in [-0.05, 0) is 30.5 Å². The maximum Gasteiger partial charge on any atom is 0.143 e. The van der Waals surface area contributed by atoms with Gasteiger partial charge in [-0.25, -0.2) is 4.98 Å². The van der Waals surface area contributed by atoms with Crippen molar-refractivity contribution in [3.05, 3.63) is 46.3 Å². The highest BCUT2D eigenvalue weighted by molar-refractivity contribution is 7.10. The van der Waals surface area contributed by atoms with Crippen LogP contribution in [-0.4, -0.2) is 42.2 Å². The summed E-state index contributed by atoms with van der Waals surface area (Å²) in [5, 5.41) is 14.7. The molecule has 0 spiro atoms. The highest BCUT2D eigenvalue weighted by atomic mass is 32.1. The van der Waals surface area contributed by atoms with Crippen LogP contribution in [0.15, 0.2) is 35.8 Å². The average molecular weight is 328 g/mol. The summed E-state index contributed by atoms with van der Waals surface area (Å²) in [6.07, 6.45) is 1.95. The fourth-order valence-corrected chi connectivity index (χ4v) is 3.71. The lowest BCUT2D eigenvalue weighted by Crippen LogP contribution is -2.44. The van der Waals surface area contributed by atoms with E-state index in [4.69, 9.17) is 4.74 Å². The van der Waals surface area contributed by atoms with Crippen LogP contribution in [0.2, 0.25) is 0 Å². The van der Waals surface area contributed by atoms with Crippen LogP contribution < -0.4 is 5.32 Å². The zero-order valence-electron chi connectivity index (χ0n) is 13.1. The number of nitriles is 1. The molecule has 0 unspecified atom stereocenters. The van der Waals surface area contributed by atoms with Gasteiger partial charge in [0.25, 0.3) is 0 Å². The lowest BCUT2D eigenvalue weighted by atomic mass is 10.1. The van der Waals surface area contributed by atoms with Gasteiger partial charge in [-0.1, -0.05) is 6.07 Å². The van der Waals surface area contributed by atoms with E-state index < -0.39 is 0 Å². The van der Waals surface area contributed by atoms with E-state index in [-0.39, 0.29) is 12.1 Å². The van der Waals surface area contributed by atoms with Crippen LogP contribution in [0.1, 0.15) is 23.4 Å². The molecule has 1 fully saturated rings. The van der Waals surface area contributed by atoms with E-state index in [1.807, 2.05) is 0 Å². The Morgan fingerprint density at radius 2 is 2.43 bits per heavy atom. The molecular weight excluding hydrogens is 308 g/mol. The molecule has 23 heavy (non-hydrogen) atoms. The Bertz CT molecular complexity index is 667. The average Bonchev–Trinajstić information content (AvgIpc) is 3.10. The molecule has 0 aliphatic carbocycles. The molecule has 2 aromatic rings. The Balaban J connectivity index is 1.75. The predicted octanol–water partition coefficient (Wildman–Crippen LogP) is 2.89. The molecule has 0 amide bonds. The second-order valence-corrected chi connectivity index (χ2v) is 6.58. The van der Waals surface area contributed by atoms with E-state index in [1.165, 1.54) is 4.88 Å². The van der Waals surface area contributed by atoms with Crippen LogP contribution in [0.4, 0.5) is 5.82 Å². The lowest BCUT2D eigenvalue weighted by Gasteiger charge is -2.37. The molecule has 1 saturated heterocycles. The minimum absolute atomic E-state index is 0.246. The number of morpholine rings is 1. The second-order valence-electron chi connectivity index (χ2n) is 5.60. The van der Waals surface area contributed by atoms with Gasteiger partial charge in [0.2, 0.25) is 0 Å². The third-order valence-corrected chi connectivity index (χ3v) is 4.95. The van der Waals surface area contributed by atoms with Crippen molar-refractivity contribution >= 4 is 17.2 Å². The summed E-state index contributed by atoms with van der Waals surface area (Å²) in [7, 11) is 0. The van der Waals surface area contributed by atoms with E-state index in [1.54, 1.807) is 29.7 Å². The number of nitrogens with one attached hydrogen (secondary N) is 1. The molecule has 0 bridgehead atoms. The van der Waals surface area contributed by atoms with Gasteiger partial charge >= 0.3 is 0 Å². The first-order chi connectivity index (χ1) is 11.3. The fourth-order valence-electron chi connectivity index (χ4n) is 2.85. The van der Waals surface area contributed by atoms with Gasteiger partial charge in [0.1, 0.15) is 11.9 Å². The zero-order valence-corrected chi connectivity index (χ0v) is 13.9. The van der Waals surface area contributed by atoms with E-state index in [9.17, 15) is 5.26 Å². The zero-order chi connectivity index (χ0) is 16.1. The standard InChI is InChI=1S/C17H20N4OS/c1-13-12-21(7-8-22-13)15(16-5-3-9-23-16)11-20-17-14(10-18)4-2-6-19-17/h2-6,9,13,15H,7-8,11-12H2,1H3,(H,19,20)/t13-,15-/m1/s1. The Hall–Kier alpha value is -1.94. The third-order valence-electron chi connectivity index (χ3n) is 3.98. The van der Waals surface area contributed by atoms with Gasteiger partial charge in [-0.3, -0.25) is 4.90 Å². The largest absolute Gasteiger partial charge is 0.376 e. The molecule has 1 aliphatic rings. The van der Waals surface area contributed by atoms with Crippen LogP contribution in [0, 0.1) is 11.3 Å². The van der Waals surface area contributed by atoms with Crippen molar-refractivity contribution in [1.29, 1.82) is 5.26 Å². The number of rotatable bonds is 5. The number of nitrogens with zero attached hydrogens (tertiary/aromatic N) is 3. The van der Waals surface area contributed by atoms with Gasteiger partial charge in [0, 0.05) is 30.7 Å². The third kappa shape index (κ3) is 3.88. The summed E-state index contributed by atoms with van der Waals surface area (Å²) in [6, 6.07) is 10.3. The Kier molecular flexibility index (Phi) is 5.23. The molecule has 2 atom stereocenters. The quantitative estimate of drug-likeness (QED) is 0.914. The smallest absolute Gasteiger partial charge is 0.143 e. The van der Waals surface area contributed by atoms with Gasteiger partial charge in [0.15, 0.2) is 0 Å². The molecule has 3 heterocycles. The monoisotopic (exact) mass is 328 g/mol. The Labute approximate surface area is 140 Å². The van der Waals surface area contributed by atoms with Crippen LogP contribution >= 0.6 is 11.3 Å². The molecule has 120 valence electrons. The van der Waals surface area contributed by atoms with E-state index >= 15 is 0 Å². The number of pyridine rings is 1. The fraction of sp³-hybridized carbons (Fsp3) is 0.412. The summed E-state index contributed by atoms with van der Waals surface area (Å²) < 4.78 is 5.66. The minimum atomic E-state index is 0.246. The lowest BCUT2D eigenvalue weighted by molar-refractivity contribution is -0.0322. The highest BCUT2D eigenvalue weighted by Crippen LogP contribution is 2.27. The minimum Gasteiger partial charge on any atom is -0.376 e. The number of ether oxygens (including phenoxy) is 1. The van der Waals surface area contributed by atoms with Gasteiger partial charge in [-0.15, -0.1) is 11.3 Å². The molecule has 5 nitrogen and oxygen atoms in total. The van der Waals surface area contributed by atoms with Crippen molar-refractivity contribution in [2.45, 2.75) is 19.1 Å². The maximum atomic E-state index is 9.20. The normalized spacial score (nSPS) is 19.9. The van der Waals surface area contributed by atoms with Crippen molar-refractivity contribution in [3.63, 3.8) is 0 Å². The molecule has 0 radical (unpaired) electrons. The molecular formula is C17H20N4OS. The Morgan fingerprint density at radius 1 is 1.52 bits per heavy atom. The summed E-state index contributed by atoms with van der Waals surface area (Å²) in [4.78, 5) is 8.06. The Morgan fingerprint density at radius 3 is 3.17 bits per heavy atom. The SMILES string of the molecule is C[C@@H]1CN([C@H](CNc2ncccc2C#N)c2cccs2)CCO1. The number of hydrogen-bond donors (Lipinski definition) is 1. The van der Waals surface area contributed by atoms with E-state index in [0.717, 1.165) is 26.2 Å². The van der Waals surface area contributed by atoms with Crippen molar-refractivity contribution in [1.82, 2.24) is 9.88 Å². The van der Waals surface area contributed by atoms with Gasteiger partial charge in [-0.2, -0.15) is 5.26 Å². The first-order valence-corrected chi connectivity index (χ1v) is 8.64. The van der Waals surface area contributed by atoms with E-state index in [0.29, 0.717) is 11.4 Å². The number of hydrogen-bond acceptors (Lipinski definition) is 6. The molecule has 0 saturated carbocycles. The van der Waals surface area contributed by atoms with Crippen molar-refractivity contribution < 1.29 is 4.74 Å². The van der Waals surface area contributed by atoms with Gasteiger partial charge in [0.05, 0.1) is 24.3 Å². The number of aromatic nitrogens is 1. The molecule has 6 heteroatoms. The first kappa shape index (κ1) is 15.9. The topological polar surface area (TPSA) is 61.2 Å². The molecule has 2 aromatic heterocycles. The van der Waals surface area contributed by atoms with Crippen molar-refractivity contribution in [3.8, 4) is 6.07 Å². The van der Waals surface area contributed by atoms with Crippen LogP contribution in [0.25, 0.3) is 0 Å². The number of anilines is 1. The summed E-state index contributed by atoms with van der Waals surface area (Å²) in [5.74, 6) is 0.651. The van der Waals surface area contributed by atoms with Gasteiger partial charge < -0.3 is 10.1 Å². The summed E-state index contributed by atoms with van der Waals surface area (Å²) in [6.45, 7) is 5.42. The molecule has 3 rings (SSSR count). The van der Waals surface area contributed by atoms with E-state index in [2.05, 4.69) is 45.7 Å². The molecule has 1 N–H and O–H groups in total. The van der Waals surface area contributed by atoms with Crippen LogP contribution in [-0.2, 0) is 4.74 Å². The molecule has 1 aliphatic heterocycles. The summed E-state index contributed by atoms with van der Waals surface area (Å²) >= 11 is 1.76. The summed E-state index contributed by atoms with van der Waals surface area (Å²) in [5.41, 5.74) is 0.577. The van der Waals surface area contributed by atoms with Crippen molar-refractivity contribution in [2.24, 2.45) is 0 Å². The first-order valence-electron chi connectivity index (χ1n) is 7.76.